The van der Waals surface area contributed by atoms with Gasteiger partial charge >= 0.3 is 0 Å². The Labute approximate surface area is 179 Å². The highest BCUT2D eigenvalue weighted by Gasteiger charge is 2.44. The minimum Gasteiger partial charge on any atom is -0.361 e. The Balaban J connectivity index is 1.56. The molecule has 0 saturated carbocycles. The third-order valence-electron chi connectivity index (χ3n) is 5.29. The van der Waals surface area contributed by atoms with Gasteiger partial charge in [0.25, 0.3) is 11.8 Å². The first-order valence-corrected chi connectivity index (χ1v) is 10.7. The van der Waals surface area contributed by atoms with Crippen molar-refractivity contribution in [3.8, 4) is 10.4 Å². The molecule has 1 aliphatic rings. The monoisotopic (exact) mass is 421 g/mol. The van der Waals surface area contributed by atoms with Crippen LogP contribution >= 0.6 is 11.3 Å². The van der Waals surface area contributed by atoms with Crippen LogP contribution in [0.4, 0.5) is 0 Å². The van der Waals surface area contributed by atoms with Crippen molar-refractivity contribution in [3.05, 3.63) is 77.4 Å². The number of nitrogens with zero attached hydrogens (tertiary/aromatic N) is 2. The highest BCUT2D eigenvalue weighted by atomic mass is 32.1. The van der Waals surface area contributed by atoms with Crippen molar-refractivity contribution >= 4 is 23.2 Å². The molecule has 2 aromatic heterocycles. The van der Waals surface area contributed by atoms with Gasteiger partial charge in [-0.2, -0.15) is 0 Å². The summed E-state index contributed by atoms with van der Waals surface area (Å²) in [6.07, 6.45) is 3.57. The van der Waals surface area contributed by atoms with Crippen LogP contribution in [-0.2, 0) is 16.0 Å². The highest BCUT2D eigenvalue weighted by Crippen LogP contribution is 2.28. The van der Waals surface area contributed by atoms with Crippen molar-refractivity contribution in [2.45, 2.75) is 12.0 Å². The minimum atomic E-state index is -1.12. The van der Waals surface area contributed by atoms with Crippen LogP contribution in [0.25, 0.3) is 10.4 Å². The van der Waals surface area contributed by atoms with Crippen LogP contribution in [0.3, 0.4) is 0 Å². The van der Waals surface area contributed by atoms with Crippen LogP contribution in [0.15, 0.2) is 66.3 Å². The molecule has 154 valence electrons. The predicted octanol–water partition coefficient (Wildman–Crippen LogP) is 3.01. The first-order valence-electron chi connectivity index (χ1n) is 9.79. The molecule has 3 aromatic rings. The third kappa shape index (κ3) is 4.13. The molecule has 0 aliphatic carbocycles. The van der Waals surface area contributed by atoms with E-state index in [1.165, 1.54) is 4.88 Å². The van der Waals surface area contributed by atoms with Gasteiger partial charge in [-0.05, 0) is 34.7 Å². The molecule has 0 radical (unpaired) electrons. The fraction of sp³-hybridized carbons (Fsp3) is 0.261. The van der Waals surface area contributed by atoms with Crippen molar-refractivity contribution in [1.82, 2.24) is 15.2 Å². The molecule has 7 heteroatoms. The summed E-state index contributed by atoms with van der Waals surface area (Å²) < 4.78 is 6.02. The Kier molecular flexibility index (Phi) is 5.92. The molecule has 1 aromatic carbocycles. The van der Waals surface area contributed by atoms with E-state index in [0.717, 1.165) is 11.1 Å². The number of carbonyl (C=O) groups is 2. The number of hydrogen-bond donors (Lipinski definition) is 1. The number of amides is 2. The summed E-state index contributed by atoms with van der Waals surface area (Å²) in [5, 5.41) is 4.77. The second kappa shape index (κ2) is 8.77. The normalized spacial score (nSPS) is 18.8. The number of morpholine rings is 1. The van der Waals surface area contributed by atoms with Gasteiger partial charge in [0.1, 0.15) is 0 Å². The fourth-order valence-corrected chi connectivity index (χ4v) is 4.48. The van der Waals surface area contributed by atoms with E-state index in [9.17, 15) is 9.59 Å². The summed E-state index contributed by atoms with van der Waals surface area (Å²) in [7, 11) is 1.59. The summed E-state index contributed by atoms with van der Waals surface area (Å²) in [5.41, 5.74) is 1.55. The van der Waals surface area contributed by atoms with Crippen LogP contribution in [0, 0.1) is 0 Å². The lowest BCUT2D eigenvalue weighted by atomic mass is 9.90. The van der Waals surface area contributed by atoms with Crippen LogP contribution < -0.4 is 5.32 Å². The molecule has 1 aliphatic heterocycles. The Morgan fingerprint density at radius 1 is 1.17 bits per heavy atom. The van der Waals surface area contributed by atoms with Gasteiger partial charge < -0.3 is 15.0 Å². The average molecular weight is 422 g/mol. The molecule has 0 bridgehead atoms. The van der Waals surface area contributed by atoms with E-state index >= 15 is 0 Å². The van der Waals surface area contributed by atoms with Gasteiger partial charge in [-0.25, -0.2) is 0 Å². The Morgan fingerprint density at radius 2 is 1.93 bits per heavy atom. The second-order valence-corrected chi connectivity index (χ2v) is 8.18. The number of rotatable bonds is 5. The van der Waals surface area contributed by atoms with E-state index in [1.54, 1.807) is 47.8 Å². The summed E-state index contributed by atoms with van der Waals surface area (Å²) >= 11 is 1.69. The van der Waals surface area contributed by atoms with Crippen molar-refractivity contribution in [2.75, 3.05) is 26.7 Å². The fourth-order valence-electron chi connectivity index (χ4n) is 3.75. The third-order valence-corrected chi connectivity index (χ3v) is 6.21. The molecule has 1 saturated heterocycles. The average Bonchev–Trinajstić information content (AvgIpc) is 3.34. The van der Waals surface area contributed by atoms with Crippen LogP contribution in [0.1, 0.15) is 15.9 Å². The van der Waals surface area contributed by atoms with Crippen molar-refractivity contribution in [3.63, 3.8) is 0 Å². The summed E-state index contributed by atoms with van der Waals surface area (Å²) in [6, 6.07) is 15.6. The standard InChI is InChI=1S/C23H23N3O3S/c1-24-22(28)23(15-17-4-6-18(7-5-17)20-3-2-14-30-20)16-26(12-13-29-23)21(27)19-8-10-25-11-9-19/h2-11,14H,12-13,15-16H2,1H3,(H,24,28)/t23-/m1/s1. The molecular weight excluding hydrogens is 398 g/mol. The predicted molar refractivity (Wildman–Crippen MR) is 116 cm³/mol. The zero-order valence-electron chi connectivity index (χ0n) is 16.7. The molecule has 0 unspecified atom stereocenters. The maximum Gasteiger partial charge on any atom is 0.254 e. The van der Waals surface area contributed by atoms with E-state index in [4.69, 9.17) is 4.74 Å². The summed E-state index contributed by atoms with van der Waals surface area (Å²) in [4.78, 5) is 32.7. The van der Waals surface area contributed by atoms with E-state index < -0.39 is 5.60 Å². The molecule has 1 N–H and O–H groups in total. The lowest BCUT2D eigenvalue weighted by Crippen LogP contribution is -2.61. The maximum atomic E-state index is 12.9. The van der Waals surface area contributed by atoms with E-state index in [0.29, 0.717) is 25.1 Å². The molecule has 30 heavy (non-hydrogen) atoms. The summed E-state index contributed by atoms with van der Waals surface area (Å²) in [6.45, 7) is 0.940. The number of benzene rings is 1. The lowest BCUT2D eigenvalue weighted by Gasteiger charge is -2.41. The molecular formula is C23H23N3O3S. The van der Waals surface area contributed by atoms with E-state index in [2.05, 4.69) is 28.5 Å². The molecule has 4 rings (SSSR count). The Hall–Kier alpha value is -3.03. The first kappa shape index (κ1) is 20.3. The minimum absolute atomic E-state index is 0.123. The van der Waals surface area contributed by atoms with Crippen molar-refractivity contribution in [1.29, 1.82) is 0 Å². The number of likely N-dealkylation sites (N-methyl/N-ethyl adjacent to an activating group) is 1. The lowest BCUT2D eigenvalue weighted by molar-refractivity contribution is -0.156. The number of carbonyl (C=O) groups excluding carboxylic acids is 2. The van der Waals surface area contributed by atoms with E-state index in [-0.39, 0.29) is 18.4 Å². The zero-order valence-corrected chi connectivity index (χ0v) is 17.5. The van der Waals surface area contributed by atoms with Crippen LogP contribution in [0.2, 0.25) is 0 Å². The number of pyridine rings is 1. The first-order chi connectivity index (χ1) is 14.6. The number of thiophene rings is 1. The topological polar surface area (TPSA) is 71.5 Å². The molecule has 1 fully saturated rings. The van der Waals surface area contributed by atoms with Crippen molar-refractivity contribution in [2.24, 2.45) is 0 Å². The van der Waals surface area contributed by atoms with Gasteiger partial charge in [-0.3, -0.25) is 14.6 Å². The largest absolute Gasteiger partial charge is 0.361 e. The quantitative estimate of drug-likeness (QED) is 0.688. The highest BCUT2D eigenvalue weighted by molar-refractivity contribution is 7.13. The number of aromatic nitrogens is 1. The Morgan fingerprint density at radius 3 is 2.60 bits per heavy atom. The SMILES string of the molecule is CNC(=O)[C@@]1(Cc2ccc(-c3cccs3)cc2)CN(C(=O)c2ccncc2)CCO1. The molecule has 0 spiro atoms. The second-order valence-electron chi connectivity index (χ2n) is 7.24. The molecule has 1 atom stereocenters. The van der Waals surface area contributed by atoms with Gasteiger partial charge in [-0.15, -0.1) is 11.3 Å². The van der Waals surface area contributed by atoms with Gasteiger partial charge in [0.2, 0.25) is 0 Å². The maximum absolute atomic E-state index is 12.9. The molecule has 3 heterocycles. The number of nitrogens with one attached hydrogen (secondary N) is 1. The summed E-state index contributed by atoms with van der Waals surface area (Å²) in [5.74, 6) is -0.348. The molecule has 6 nitrogen and oxygen atoms in total. The van der Waals surface area contributed by atoms with Crippen molar-refractivity contribution < 1.29 is 14.3 Å². The van der Waals surface area contributed by atoms with Gasteiger partial charge in [0.15, 0.2) is 5.60 Å². The Bertz CT molecular complexity index is 1010. The number of ether oxygens (including phenoxy) is 1. The zero-order chi connectivity index (χ0) is 21.0. The smallest absolute Gasteiger partial charge is 0.254 e. The van der Waals surface area contributed by atoms with Gasteiger partial charge in [0.05, 0.1) is 13.2 Å². The van der Waals surface area contributed by atoms with Gasteiger partial charge in [0, 0.05) is 42.8 Å². The number of hydrogen-bond acceptors (Lipinski definition) is 5. The van der Waals surface area contributed by atoms with Crippen LogP contribution in [-0.4, -0.2) is 54.0 Å². The van der Waals surface area contributed by atoms with Gasteiger partial charge in [-0.1, -0.05) is 30.3 Å². The van der Waals surface area contributed by atoms with Crippen LogP contribution in [0.5, 0.6) is 0 Å². The molecule has 2 amide bonds. The van der Waals surface area contributed by atoms with E-state index in [1.807, 2.05) is 23.6 Å².